The molecule has 0 aliphatic carbocycles. The topological polar surface area (TPSA) is 48.5 Å². The Hall–Kier alpha value is -2.40. The van der Waals surface area contributed by atoms with Crippen LogP contribution < -0.4 is 5.32 Å². The van der Waals surface area contributed by atoms with Gasteiger partial charge in [0, 0.05) is 51.7 Å². The van der Waals surface area contributed by atoms with Gasteiger partial charge in [0.05, 0.1) is 11.3 Å². The molecule has 1 amide bonds. The van der Waals surface area contributed by atoms with Crippen LogP contribution in [0.2, 0.25) is 0 Å². The molecule has 5 nitrogen and oxygen atoms in total. The predicted octanol–water partition coefficient (Wildman–Crippen LogP) is 3.11. The van der Waals surface area contributed by atoms with Crippen LogP contribution in [0.1, 0.15) is 29.8 Å². The van der Waals surface area contributed by atoms with Crippen molar-refractivity contribution in [1.82, 2.24) is 14.8 Å². The Bertz CT molecular complexity index is 709. The molecule has 1 aliphatic rings. The number of rotatable bonds is 6. The third-order valence-electron chi connectivity index (χ3n) is 4.61. The number of piperazine rings is 1. The molecule has 0 radical (unpaired) electrons. The Morgan fingerprint density at radius 3 is 2.54 bits per heavy atom. The average molecular weight is 352 g/mol. The largest absolute Gasteiger partial charge is 0.384 e. The molecule has 1 aliphatic heterocycles. The Morgan fingerprint density at radius 1 is 1.12 bits per heavy atom. The first-order valence-electron chi connectivity index (χ1n) is 9.36. The lowest BCUT2D eigenvalue weighted by atomic mass is 10.1. The van der Waals surface area contributed by atoms with Gasteiger partial charge in [0.15, 0.2) is 0 Å². The van der Waals surface area contributed by atoms with Crippen LogP contribution in [-0.2, 0) is 6.54 Å². The monoisotopic (exact) mass is 352 g/mol. The first kappa shape index (κ1) is 18.4. The third kappa shape index (κ3) is 5.05. The molecule has 1 aromatic carbocycles. The number of carbonyl (C=O) groups is 1. The van der Waals surface area contributed by atoms with Crippen molar-refractivity contribution in [1.29, 1.82) is 0 Å². The molecule has 2 heterocycles. The summed E-state index contributed by atoms with van der Waals surface area (Å²) in [6, 6.07) is 12.4. The standard InChI is InChI=1S/C21H28N4O/c1-17(2)13-23-20-12-19(14-22-15-20)21(26)25-10-8-24(9-11-25)16-18-6-4-3-5-7-18/h3-7,12,14-15,17,23H,8-11,13,16H2,1-2H3. The van der Waals surface area contributed by atoms with E-state index in [1.807, 2.05) is 17.0 Å². The molecule has 3 rings (SSSR count). The predicted molar refractivity (Wildman–Crippen MR) is 105 cm³/mol. The van der Waals surface area contributed by atoms with Crippen molar-refractivity contribution in [3.05, 3.63) is 59.9 Å². The van der Waals surface area contributed by atoms with Crippen LogP contribution >= 0.6 is 0 Å². The number of nitrogens with zero attached hydrogens (tertiary/aromatic N) is 3. The molecule has 0 saturated carbocycles. The number of hydrogen-bond acceptors (Lipinski definition) is 4. The van der Waals surface area contributed by atoms with Crippen LogP contribution in [0, 0.1) is 5.92 Å². The highest BCUT2D eigenvalue weighted by Gasteiger charge is 2.22. The van der Waals surface area contributed by atoms with E-state index >= 15 is 0 Å². The summed E-state index contributed by atoms with van der Waals surface area (Å²) in [5, 5.41) is 3.34. The Labute approximate surface area is 156 Å². The van der Waals surface area contributed by atoms with Crippen LogP contribution in [0.5, 0.6) is 0 Å². The van der Waals surface area contributed by atoms with Crippen molar-refractivity contribution in [2.24, 2.45) is 5.92 Å². The first-order chi connectivity index (χ1) is 12.6. The highest BCUT2D eigenvalue weighted by Crippen LogP contribution is 2.14. The molecule has 1 aromatic heterocycles. The number of hydrogen-bond donors (Lipinski definition) is 1. The van der Waals surface area contributed by atoms with E-state index in [4.69, 9.17) is 0 Å². The molecule has 0 bridgehead atoms. The van der Waals surface area contributed by atoms with E-state index in [9.17, 15) is 4.79 Å². The maximum atomic E-state index is 12.8. The zero-order valence-electron chi connectivity index (χ0n) is 15.7. The minimum atomic E-state index is 0.0741. The fourth-order valence-electron chi connectivity index (χ4n) is 3.11. The molecular formula is C21H28N4O. The number of aromatic nitrogens is 1. The smallest absolute Gasteiger partial charge is 0.255 e. The normalized spacial score (nSPS) is 15.3. The molecule has 0 spiro atoms. The van der Waals surface area contributed by atoms with Crippen LogP contribution in [0.15, 0.2) is 48.8 Å². The molecule has 1 N–H and O–H groups in total. The highest BCUT2D eigenvalue weighted by molar-refractivity contribution is 5.94. The lowest BCUT2D eigenvalue weighted by Crippen LogP contribution is -2.48. The Balaban J connectivity index is 1.54. The van der Waals surface area contributed by atoms with Gasteiger partial charge in [0.25, 0.3) is 5.91 Å². The van der Waals surface area contributed by atoms with E-state index in [1.54, 1.807) is 12.4 Å². The maximum Gasteiger partial charge on any atom is 0.255 e. The van der Waals surface area contributed by atoms with E-state index in [0.29, 0.717) is 11.5 Å². The van der Waals surface area contributed by atoms with E-state index in [2.05, 4.69) is 53.3 Å². The number of carbonyl (C=O) groups excluding carboxylic acids is 1. The van der Waals surface area contributed by atoms with Gasteiger partial charge < -0.3 is 10.2 Å². The van der Waals surface area contributed by atoms with E-state index < -0.39 is 0 Å². The van der Waals surface area contributed by atoms with Crippen LogP contribution in [0.3, 0.4) is 0 Å². The number of pyridine rings is 1. The maximum absolute atomic E-state index is 12.8. The summed E-state index contributed by atoms with van der Waals surface area (Å²) in [6.07, 6.45) is 3.44. The van der Waals surface area contributed by atoms with Crippen molar-refractivity contribution < 1.29 is 4.79 Å². The fraction of sp³-hybridized carbons (Fsp3) is 0.429. The lowest BCUT2D eigenvalue weighted by Gasteiger charge is -2.34. The quantitative estimate of drug-likeness (QED) is 0.868. The van der Waals surface area contributed by atoms with Crippen molar-refractivity contribution >= 4 is 11.6 Å². The first-order valence-corrected chi connectivity index (χ1v) is 9.36. The zero-order chi connectivity index (χ0) is 18.4. The van der Waals surface area contributed by atoms with Crippen LogP contribution in [0.25, 0.3) is 0 Å². The minimum absolute atomic E-state index is 0.0741. The second-order valence-corrected chi connectivity index (χ2v) is 7.29. The molecule has 26 heavy (non-hydrogen) atoms. The Kier molecular flexibility index (Phi) is 6.23. The van der Waals surface area contributed by atoms with Gasteiger partial charge >= 0.3 is 0 Å². The van der Waals surface area contributed by atoms with Gasteiger partial charge in [-0.25, -0.2) is 0 Å². The molecule has 5 heteroatoms. The molecule has 0 atom stereocenters. The van der Waals surface area contributed by atoms with Gasteiger partial charge in [-0.3, -0.25) is 14.7 Å². The molecule has 138 valence electrons. The number of nitrogens with one attached hydrogen (secondary N) is 1. The van der Waals surface area contributed by atoms with Gasteiger partial charge in [-0.15, -0.1) is 0 Å². The summed E-state index contributed by atoms with van der Waals surface area (Å²) >= 11 is 0. The molecule has 1 fully saturated rings. The lowest BCUT2D eigenvalue weighted by molar-refractivity contribution is 0.0628. The summed E-state index contributed by atoms with van der Waals surface area (Å²) in [5.74, 6) is 0.622. The summed E-state index contributed by atoms with van der Waals surface area (Å²) in [6.45, 7) is 9.45. The van der Waals surface area contributed by atoms with Crippen molar-refractivity contribution in [3.63, 3.8) is 0 Å². The van der Waals surface area contributed by atoms with E-state index in [-0.39, 0.29) is 5.91 Å². The van der Waals surface area contributed by atoms with Gasteiger partial charge in [-0.05, 0) is 17.5 Å². The summed E-state index contributed by atoms with van der Waals surface area (Å²) in [4.78, 5) is 21.4. The van der Waals surface area contributed by atoms with Gasteiger partial charge in [-0.2, -0.15) is 0 Å². The summed E-state index contributed by atoms with van der Waals surface area (Å²) in [5.41, 5.74) is 2.89. The second kappa shape index (κ2) is 8.81. The zero-order valence-corrected chi connectivity index (χ0v) is 15.7. The van der Waals surface area contributed by atoms with E-state index in [1.165, 1.54) is 5.56 Å². The molecule has 2 aromatic rings. The number of benzene rings is 1. The number of anilines is 1. The van der Waals surface area contributed by atoms with Crippen LogP contribution in [0.4, 0.5) is 5.69 Å². The van der Waals surface area contributed by atoms with Crippen molar-refractivity contribution in [3.8, 4) is 0 Å². The molecule has 1 saturated heterocycles. The van der Waals surface area contributed by atoms with Crippen molar-refractivity contribution in [2.45, 2.75) is 20.4 Å². The minimum Gasteiger partial charge on any atom is -0.384 e. The Morgan fingerprint density at radius 2 is 1.85 bits per heavy atom. The average Bonchev–Trinajstić information content (AvgIpc) is 2.67. The second-order valence-electron chi connectivity index (χ2n) is 7.29. The third-order valence-corrected chi connectivity index (χ3v) is 4.61. The summed E-state index contributed by atoms with van der Waals surface area (Å²) in [7, 11) is 0. The van der Waals surface area contributed by atoms with Gasteiger partial charge in [0.2, 0.25) is 0 Å². The van der Waals surface area contributed by atoms with Gasteiger partial charge in [0.1, 0.15) is 0 Å². The number of amides is 1. The van der Waals surface area contributed by atoms with E-state index in [0.717, 1.165) is 45.0 Å². The molecule has 0 unspecified atom stereocenters. The van der Waals surface area contributed by atoms with Crippen molar-refractivity contribution in [2.75, 3.05) is 38.0 Å². The molecular weight excluding hydrogens is 324 g/mol. The van der Waals surface area contributed by atoms with Gasteiger partial charge in [-0.1, -0.05) is 44.2 Å². The summed E-state index contributed by atoms with van der Waals surface area (Å²) < 4.78 is 0. The highest BCUT2D eigenvalue weighted by atomic mass is 16.2. The fourth-order valence-corrected chi connectivity index (χ4v) is 3.11. The SMILES string of the molecule is CC(C)CNc1cncc(C(=O)N2CCN(Cc3ccccc3)CC2)c1. The van der Waals surface area contributed by atoms with Crippen LogP contribution in [-0.4, -0.2) is 53.4 Å².